The van der Waals surface area contributed by atoms with E-state index in [-0.39, 0.29) is 6.04 Å². The average Bonchev–Trinajstić information content (AvgIpc) is 2.71. The van der Waals surface area contributed by atoms with Crippen LogP contribution < -0.4 is 15.8 Å². The normalized spacial score (nSPS) is 22.7. The van der Waals surface area contributed by atoms with Gasteiger partial charge in [-0.25, -0.2) is 0 Å². The third kappa shape index (κ3) is 2.70. The molecular formula is C12H18N2O. The molecule has 1 aliphatic rings. The lowest BCUT2D eigenvalue weighted by Gasteiger charge is -2.13. The van der Waals surface area contributed by atoms with Gasteiger partial charge in [-0.05, 0) is 37.6 Å². The van der Waals surface area contributed by atoms with Gasteiger partial charge >= 0.3 is 0 Å². The van der Waals surface area contributed by atoms with Gasteiger partial charge in [0.1, 0.15) is 11.9 Å². The Morgan fingerprint density at radius 3 is 2.67 bits per heavy atom. The lowest BCUT2D eigenvalue weighted by atomic mass is 10.1. The van der Waals surface area contributed by atoms with E-state index in [1.165, 1.54) is 0 Å². The zero-order valence-corrected chi connectivity index (χ0v) is 9.07. The highest BCUT2D eigenvalue weighted by Gasteiger charge is 2.15. The maximum Gasteiger partial charge on any atom is 0.119 e. The fraction of sp³-hybridized carbons (Fsp3) is 0.500. The fourth-order valence-corrected chi connectivity index (χ4v) is 1.77. The summed E-state index contributed by atoms with van der Waals surface area (Å²) >= 11 is 0. The van der Waals surface area contributed by atoms with E-state index in [0.29, 0.717) is 6.10 Å². The van der Waals surface area contributed by atoms with Crippen LogP contribution in [-0.4, -0.2) is 19.2 Å². The zero-order valence-electron chi connectivity index (χ0n) is 9.07. The Balaban J connectivity index is 1.97. The molecule has 0 bridgehead atoms. The van der Waals surface area contributed by atoms with Crippen LogP contribution in [0.1, 0.15) is 24.9 Å². The summed E-state index contributed by atoms with van der Waals surface area (Å²) in [6.45, 7) is 3.99. The van der Waals surface area contributed by atoms with Crippen molar-refractivity contribution >= 4 is 0 Å². The predicted molar refractivity (Wildman–Crippen MR) is 60.9 cm³/mol. The van der Waals surface area contributed by atoms with Crippen LogP contribution in [0.2, 0.25) is 0 Å². The molecule has 0 saturated carbocycles. The van der Waals surface area contributed by atoms with E-state index in [4.69, 9.17) is 10.5 Å². The summed E-state index contributed by atoms with van der Waals surface area (Å²) in [5.41, 5.74) is 6.92. The van der Waals surface area contributed by atoms with E-state index >= 15 is 0 Å². The second kappa shape index (κ2) is 4.64. The number of nitrogens with one attached hydrogen (secondary N) is 1. The van der Waals surface area contributed by atoms with Crippen LogP contribution in [0, 0.1) is 0 Å². The van der Waals surface area contributed by atoms with Crippen LogP contribution in [-0.2, 0) is 0 Å². The van der Waals surface area contributed by atoms with Gasteiger partial charge in [0.15, 0.2) is 0 Å². The molecule has 15 heavy (non-hydrogen) atoms. The van der Waals surface area contributed by atoms with Crippen molar-refractivity contribution < 1.29 is 4.74 Å². The van der Waals surface area contributed by atoms with Crippen LogP contribution in [0.3, 0.4) is 0 Å². The van der Waals surface area contributed by atoms with E-state index in [0.717, 1.165) is 30.8 Å². The predicted octanol–water partition coefficient (Wildman–Crippen LogP) is 1.45. The molecule has 2 unspecified atom stereocenters. The van der Waals surface area contributed by atoms with Gasteiger partial charge in [0, 0.05) is 12.6 Å². The second-order valence-corrected chi connectivity index (χ2v) is 4.09. The first-order valence-electron chi connectivity index (χ1n) is 5.48. The summed E-state index contributed by atoms with van der Waals surface area (Å²) in [6.07, 6.45) is 1.42. The largest absolute Gasteiger partial charge is 0.489 e. The summed E-state index contributed by atoms with van der Waals surface area (Å²) in [5, 5.41) is 3.28. The second-order valence-electron chi connectivity index (χ2n) is 4.09. The minimum absolute atomic E-state index is 0.0900. The Morgan fingerprint density at radius 2 is 2.13 bits per heavy atom. The van der Waals surface area contributed by atoms with Crippen LogP contribution in [0.5, 0.6) is 5.75 Å². The minimum atomic E-state index is 0.0900. The highest BCUT2D eigenvalue weighted by Crippen LogP contribution is 2.18. The molecule has 82 valence electrons. The van der Waals surface area contributed by atoms with E-state index < -0.39 is 0 Å². The number of rotatable bonds is 3. The lowest BCUT2D eigenvalue weighted by molar-refractivity contribution is 0.223. The van der Waals surface area contributed by atoms with E-state index in [1.54, 1.807) is 0 Å². The average molecular weight is 206 g/mol. The van der Waals surface area contributed by atoms with Crippen LogP contribution >= 0.6 is 0 Å². The number of ether oxygens (including phenoxy) is 1. The van der Waals surface area contributed by atoms with Gasteiger partial charge < -0.3 is 15.8 Å². The SMILES string of the molecule is CC(N)c1ccc(OC2CCNC2)cc1. The molecule has 3 N–H and O–H groups in total. The molecule has 1 aromatic rings. The molecule has 2 atom stereocenters. The van der Waals surface area contributed by atoms with Crippen LogP contribution in [0.15, 0.2) is 24.3 Å². The van der Waals surface area contributed by atoms with E-state index in [9.17, 15) is 0 Å². The summed E-state index contributed by atoms with van der Waals surface area (Å²) in [4.78, 5) is 0. The van der Waals surface area contributed by atoms with Crippen LogP contribution in [0.25, 0.3) is 0 Å². The topological polar surface area (TPSA) is 47.3 Å². The first-order chi connectivity index (χ1) is 7.25. The molecule has 0 spiro atoms. The molecule has 2 rings (SSSR count). The van der Waals surface area contributed by atoms with Gasteiger partial charge in [0.25, 0.3) is 0 Å². The van der Waals surface area contributed by atoms with Gasteiger partial charge in [-0.15, -0.1) is 0 Å². The van der Waals surface area contributed by atoms with E-state index in [1.807, 2.05) is 31.2 Å². The van der Waals surface area contributed by atoms with Gasteiger partial charge in [-0.2, -0.15) is 0 Å². The molecule has 0 amide bonds. The molecule has 1 aliphatic heterocycles. The van der Waals surface area contributed by atoms with E-state index in [2.05, 4.69) is 5.32 Å². The van der Waals surface area contributed by atoms with Crippen LogP contribution in [0.4, 0.5) is 0 Å². The van der Waals surface area contributed by atoms with Crippen molar-refractivity contribution in [3.05, 3.63) is 29.8 Å². The molecule has 0 aliphatic carbocycles. The zero-order chi connectivity index (χ0) is 10.7. The number of nitrogens with two attached hydrogens (primary N) is 1. The van der Waals surface area contributed by atoms with Crippen molar-refractivity contribution in [1.82, 2.24) is 5.32 Å². The molecule has 0 aromatic heterocycles. The molecule has 1 aromatic carbocycles. The number of hydrogen-bond donors (Lipinski definition) is 2. The summed E-state index contributed by atoms with van der Waals surface area (Å²) in [7, 11) is 0. The number of benzene rings is 1. The highest BCUT2D eigenvalue weighted by atomic mass is 16.5. The Morgan fingerprint density at radius 1 is 1.40 bits per heavy atom. The summed E-state index contributed by atoms with van der Waals surface area (Å²) in [6, 6.07) is 8.14. The molecule has 1 fully saturated rings. The first-order valence-corrected chi connectivity index (χ1v) is 5.48. The first kappa shape index (κ1) is 10.5. The van der Waals surface area contributed by atoms with Crippen molar-refractivity contribution in [2.24, 2.45) is 5.73 Å². The van der Waals surface area contributed by atoms with Crippen molar-refractivity contribution in [3.8, 4) is 5.75 Å². The molecule has 0 radical (unpaired) electrons. The van der Waals surface area contributed by atoms with Crippen molar-refractivity contribution in [2.75, 3.05) is 13.1 Å². The standard InChI is InChI=1S/C12H18N2O/c1-9(13)10-2-4-11(5-3-10)15-12-6-7-14-8-12/h2-5,9,12,14H,6-8,13H2,1H3. The molecule has 3 heteroatoms. The van der Waals surface area contributed by atoms with Gasteiger partial charge in [-0.3, -0.25) is 0 Å². The Kier molecular flexibility index (Phi) is 3.23. The van der Waals surface area contributed by atoms with Crippen molar-refractivity contribution in [1.29, 1.82) is 0 Å². The fourth-order valence-electron chi connectivity index (χ4n) is 1.77. The third-order valence-electron chi connectivity index (χ3n) is 2.72. The maximum atomic E-state index is 5.81. The number of hydrogen-bond acceptors (Lipinski definition) is 3. The van der Waals surface area contributed by atoms with Gasteiger partial charge in [-0.1, -0.05) is 12.1 Å². The van der Waals surface area contributed by atoms with Crippen molar-refractivity contribution in [2.45, 2.75) is 25.5 Å². The Bertz CT molecular complexity index is 302. The Labute approximate surface area is 90.6 Å². The van der Waals surface area contributed by atoms with Crippen molar-refractivity contribution in [3.63, 3.8) is 0 Å². The Hall–Kier alpha value is -1.06. The summed E-state index contributed by atoms with van der Waals surface area (Å²) in [5.74, 6) is 0.938. The monoisotopic (exact) mass is 206 g/mol. The smallest absolute Gasteiger partial charge is 0.119 e. The van der Waals surface area contributed by atoms with Gasteiger partial charge in [0.05, 0.1) is 0 Å². The highest BCUT2D eigenvalue weighted by molar-refractivity contribution is 5.29. The molecular weight excluding hydrogens is 188 g/mol. The minimum Gasteiger partial charge on any atom is -0.489 e. The summed E-state index contributed by atoms with van der Waals surface area (Å²) < 4.78 is 5.81. The quantitative estimate of drug-likeness (QED) is 0.787. The molecule has 1 saturated heterocycles. The van der Waals surface area contributed by atoms with Gasteiger partial charge in [0.2, 0.25) is 0 Å². The third-order valence-corrected chi connectivity index (χ3v) is 2.72. The lowest BCUT2D eigenvalue weighted by Crippen LogP contribution is -2.19. The molecule has 1 heterocycles. The maximum absolute atomic E-state index is 5.81. The molecule has 3 nitrogen and oxygen atoms in total.